The maximum absolute atomic E-state index is 13.6. The fourth-order valence-corrected chi connectivity index (χ4v) is 3.69. The molecule has 164 valence electrons. The van der Waals surface area contributed by atoms with Crippen LogP contribution in [-0.2, 0) is 10.0 Å². The minimum atomic E-state index is -3.66. The second-order valence-electron chi connectivity index (χ2n) is 6.82. The zero-order chi connectivity index (χ0) is 22.0. The zero-order valence-electron chi connectivity index (χ0n) is 17.2. The highest BCUT2D eigenvalue weighted by atomic mass is 32.2. The molecule has 0 aliphatic carbocycles. The highest BCUT2D eigenvalue weighted by Crippen LogP contribution is 2.16. The Kier molecular flexibility index (Phi) is 9.07. The Morgan fingerprint density at radius 2 is 1.90 bits per heavy atom. The molecule has 0 fully saturated rings. The Hall–Kier alpha value is -2.65. The van der Waals surface area contributed by atoms with Crippen LogP contribution in [0.2, 0.25) is 0 Å². The molecule has 9 heteroatoms. The van der Waals surface area contributed by atoms with Gasteiger partial charge in [-0.05, 0) is 37.1 Å². The summed E-state index contributed by atoms with van der Waals surface area (Å²) in [6.07, 6.45) is 0. The summed E-state index contributed by atoms with van der Waals surface area (Å²) in [4.78, 5) is 4.46. The van der Waals surface area contributed by atoms with Gasteiger partial charge in [0.1, 0.15) is 5.82 Å². The number of aliphatic hydroxyl groups excluding tert-OH is 1. The number of nitrogens with zero attached hydrogens (tertiary/aromatic N) is 1. The van der Waals surface area contributed by atoms with Gasteiger partial charge in [0.25, 0.3) is 0 Å². The van der Waals surface area contributed by atoms with E-state index in [4.69, 9.17) is 0 Å². The van der Waals surface area contributed by atoms with E-state index in [-0.39, 0.29) is 30.5 Å². The van der Waals surface area contributed by atoms with E-state index in [2.05, 4.69) is 20.3 Å². The number of aliphatic imine (C=N–C) groups is 1. The summed E-state index contributed by atoms with van der Waals surface area (Å²) in [7, 11) is -3.66. The zero-order valence-corrected chi connectivity index (χ0v) is 18.0. The molecular weight excluding hydrogens is 407 g/mol. The van der Waals surface area contributed by atoms with Gasteiger partial charge in [0.2, 0.25) is 10.0 Å². The van der Waals surface area contributed by atoms with Crippen molar-refractivity contribution >= 4 is 21.7 Å². The Balaban J connectivity index is 1.92. The average Bonchev–Trinajstić information content (AvgIpc) is 2.71. The number of benzene rings is 2. The van der Waals surface area contributed by atoms with Gasteiger partial charge in [-0.15, -0.1) is 0 Å². The van der Waals surface area contributed by atoms with Crippen LogP contribution in [0.4, 0.5) is 10.1 Å². The predicted molar refractivity (Wildman–Crippen MR) is 119 cm³/mol. The van der Waals surface area contributed by atoms with Crippen LogP contribution in [0, 0.1) is 12.7 Å². The minimum absolute atomic E-state index is 0.0433. The number of nitrogens with one attached hydrogen (secondary N) is 3. The topological polar surface area (TPSA) is 103 Å². The van der Waals surface area contributed by atoms with Gasteiger partial charge in [0, 0.05) is 19.0 Å². The Bertz CT molecular complexity index is 937. The number of hydrogen-bond acceptors (Lipinski definition) is 4. The average molecular weight is 437 g/mol. The third-order valence-electron chi connectivity index (χ3n) is 4.41. The molecule has 2 rings (SSSR count). The summed E-state index contributed by atoms with van der Waals surface area (Å²) < 4.78 is 40.5. The van der Waals surface area contributed by atoms with Crippen molar-refractivity contribution < 1.29 is 17.9 Å². The van der Waals surface area contributed by atoms with Crippen molar-refractivity contribution in [3.63, 3.8) is 0 Å². The van der Waals surface area contributed by atoms with Crippen molar-refractivity contribution in [2.24, 2.45) is 4.99 Å². The van der Waals surface area contributed by atoms with Crippen molar-refractivity contribution in [1.82, 2.24) is 10.6 Å². The lowest BCUT2D eigenvalue weighted by molar-refractivity contribution is 0.268. The lowest BCUT2D eigenvalue weighted by Gasteiger charge is -2.15. The summed E-state index contributed by atoms with van der Waals surface area (Å²) >= 11 is 0. The second-order valence-corrected chi connectivity index (χ2v) is 8.66. The first kappa shape index (κ1) is 23.6. The number of guanidine groups is 1. The Morgan fingerprint density at radius 3 is 2.53 bits per heavy atom. The molecule has 0 radical (unpaired) electrons. The summed E-state index contributed by atoms with van der Waals surface area (Å²) in [6.45, 7) is 4.54. The molecule has 0 aromatic heterocycles. The van der Waals surface area contributed by atoms with Crippen molar-refractivity contribution in [2.75, 3.05) is 36.7 Å². The van der Waals surface area contributed by atoms with Crippen molar-refractivity contribution in [1.29, 1.82) is 0 Å². The quantitative estimate of drug-likeness (QED) is 0.338. The molecule has 0 aliphatic heterocycles. The van der Waals surface area contributed by atoms with Gasteiger partial charge in [-0.3, -0.25) is 9.71 Å². The number of hydrogen-bond donors (Lipinski definition) is 4. The van der Waals surface area contributed by atoms with Gasteiger partial charge in [0.15, 0.2) is 5.96 Å². The van der Waals surface area contributed by atoms with Crippen LogP contribution < -0.4 is 15.4 Å². The molecule has 0 aliphatic rings. The predicted octanol–water partition coefficient (Wildman–Crippen LogP) is 2.21. The molecule has 0 heterocycles. The third kappa shape index (κ3) is 7.64. The van der Waals surface area contributed by atoms with Crippen molar-refractivity contribution in [3.8, 4) is 0 Å². The first-order chi connectivity index (χ1) is 14.3. The number of sulfonamides is 1. The third-order valence-corrected chi connectivity index (χ3v) is 5.70. The molecule has 0 saturated carbocycles. The molecule has 0 bridgehead atoms. The molecule has 4 N–H and O–H groups in total. The Morgan fingerprint density at radius 1 is 1.17 bits per heavy atom. The van der Waals surface area contributed by atoms with Gasteiger partial charge in [-0.2, -0.15) is 0 Å². The molecule has 0 saturated heterocycles. The lowest BCUT2D eigenvalue weighted by Crippen LogP contribution is -2.40. The molecule has 0 spiro atoms. The van der Waals surface area contributed by atoms with E-state index in [0.29, 0.717) is 24.6 Å². The molecule has 30 heavy (non-hydrogen) atoms. The van der Waals surface area contributed by atoms with E-state index < -0.39 is 15.8 Å². The highest BCUT2D eigenvalue weighted by Gasteiger charge is 2.13. The summed E-state index contributed by atoms with van der Waals surface area (Å²) in [5.41, 5.74) is 1.62. The number of rotatable bonds is 10. The van der Waals surface area contributed by atoms with Crippen molar-refractivity contribution in [3.05, 3.63) is 65.5 Å². The standard InChI is InChI=1S/C21H29FN4O3S/c1-3-23-21(25-14-18(15-27)17-7-5-4-6-8-17)24-11-12-30(28,29)26-19-10-9-16(2)20(22)13-19/h4-10,13,18,26-27H,3,11-12,14-15H2,1-2H3,(H2,23,24,25). The molecule has 1 unspecified atom stereocenters. The normalized spacial score (nSPS) is 13.0. The van der Waals surface area contributed by atoms with Gasteiger partial charge < -0.3 is 15.7 Å². The fourth-order valence-electron chi connectivity index (χ4n) is 2.73. The summed E-state index contributed by atoms with van der Waals surface area (Å²) in [5, 5.41) is 15.7. The van der Waals surface area contributed by atoms with Crippen LogP contribution in [0.3, 0.4) is 0 Å². The van der Waals surface area contributed by atoms with Crippen LogP contribution in [0.5, 0.6) is 0 Å². The second kappa shape index (κ2) is 11.5. The molecule has 0 amide bonds. The van der Waals surface area contributed by atoms with E-state index >= 15 is 0 Å². The van der Waals surface area contributed by atoms with Crippen LogP contribution in [-0.4, -0.2) is 51.5 Å². The van der Waals surface area contributed by atoms with Crippen LogP contribution in [0.15, 0.2) is 53.5 Å². The first-order valence-electron chi connectivity index (χ1n) is 9.79. The van der Waals surface area contributed by atoms with E-state index in [1.54, 1.807) is 6.92 Å². The minimum Gasteiger partial charge on any atom is -0.396 e. The number of aryl methyl sites for hydroxylation is 1. The van der Waals surface area contributed by atoms with E-state index in [1.165, 1.54) is 12.1 Å². The van der Waals surface area contributed by atoms with Crippen LogP contribution in [0.1, 0.15) is 24.0 Å². The van der Waals surface area contributed by atoms with E-state index in [1.807, 2.05) is 37.3 Å². The molecule has 2 aromatic rings. The maximum Gasteiger partial charge on any atom is 0.234 e. The number of anilines is 1. The lowest BCUT2D eigenvalue weighted by atomic mass is 10.0. The van der Waals surface area contributed by atoms with E-state index in [0.717, 1.165) is 11.6 Å². The molecule has 2 aromatic carbocycles. The van der Waals surface area contributed by atoms with Gasteiger partial charge in [-0.25, -0.2) is 12.8 Å². The Labute approximate surface area is 177 Å². The molecular formula is C21H29FN4O3S. The van der Waals surface area contributed by atoms with Crippen LogP contribution in [0.25, 0.3) is 0 Å². The first-order valence-corrected chi connectivity index (χ1v) is 11.4. The summed E-state index contributed by atoms with van der Waals surface area (Å²) in [6, 6.07) is 13.8. The highest BCUT2D eigenvalue weighted by molar-refractivity contribution is 7.92. The summed E-state index contributed by atoms with van der Waals surface area (Å²) in [5.74, 6) is -0.367. The van der Waals surface area contributed by atoms with Gasteiger partial charge in [0.05, 0.1) is 24.6 Å². The largest absolute Gasteiger partial charge is 0.396 e. The van der Waals surface area contributed by atoms with E-state index in [9.17, 15) is 17.9 Å². The van der Waals surface area contributed by atoms with Gasteiger partial charge >= 0.3 is 0 Å². The fraction of sp³-hybridized carbons (Fsp3) is 0.381. The SMILES string of the molecule is CCNC(=NCC(CO)c1ccccc1)NCCS(=O)(=O)Nc1ccc(C)c(F)c1. The monoisotopic (exact) mass is 436 g/mol. The van der Waals surface area contributed by atoms with Gasteiger partial charge in [-0.1, -0.05) is 36.4 Å². The number of halogens is 1. The maximum atomic E-state index is 13.6. The molecule has 7 nitrogen and oxygen atoms in total. The molecule has 1 atom stereocenters. The van der Waals surface area contributed by atoms with Crippen LogP contribution >= 0.6 is 0 Å². The number of aliphatic hydroxyl groups is 1. The smallest absolute Gasteiger partial charge is 0.234 e. The van der Waals surface area contributed by atoms with Crippen molar-refractivity contribution in [2.45, 2.75) is 19.8 Å².